The number of ether oxygens (including phenoxy) is 2. The number of ketones is 1. The molecule has 1 heterocycles. The molecule has 0 bridgehead atoms. The summed E-state index contributed by atoms with van der Waals surface area (Å²) in [6, 6.07) is 7.09. The van der Waals surface area contributed by atoms with Crippen molar-refractivity contribution in [3.8, 4) is 5.75 Å². The van der Waals surface area contributed by atoms with Gasteiger partial charge in [0, 0.05) is 0 Å². The summed E-state index contributed by atoms with van der Waals surface area (Å²) in [5.41, 5.74) is 0.00964. The fourth-order valence-electron chi connectivity index (χ4n) is 2.02. The number of benzene rings is 1. The predicted octanol–water partition coefficient (Wildman–Crippen LogP) is 2.61. The van der Waals surface area contributed by atoms with Crippen LogP contribution in [0.5, 0.6) is 5.75 Å². The molecule has 0 unspecified atom stereocenters. The normalized spacial score (nSPS) is 18.5. The van der Waals surface area contributed by atoms with Crippen molar-refractivity contribution in [3.05, 3.63) is 29.8 Å². The third-order valence-electron chi connectivity index (χ3n) is 2.80. The van der Waals surface area contributed by atoms with E-state index in [1.165, 1.54) is 0 Å². The summed E-state index contributed by atoms with van der Waals surface area (Å²) in [6.07, 6.45) is 0.0600. The lowest BCUT2D eigenvalue weighted by molar-refractivity contribution is -0.155. The maximum absolute atomic E-state index is 12.2. The van der Waals surface area contributed by atoms with Gasteiger partial charge in [0.2, 0.25) is 0 Å². The molecule has 1 atom stereocenters. The second-order valence-electron chi connectivity index (χ2n) is 5.66. The second kappa shape index (κ2) is 5.03. The molecule has 0 fully saturated rings. The number of carbonyl (C=O) groups excluding carboxylic acids is 2. The summed E-state index contributed by atoms with van der Waals surface area (Å²) in [5.74, 6) is -0.278. The largest absolute Gasteiger partial charge is 0.492 e. The van der Waals surface area contributed by atoms with Crippen LogP contribution in [0.3, 0.4) is 0 Å². The van der Waals surface area contributed by atoms with E-state index in [0.29, 0.717) is 11.3 Å². The van der Waals surface area contributed by atoms with Crippen LogP contribution in [0.4, 0.5) is 0 Å². The Morgan fingerprint density at radius 2 is 2.05 bits per heavy atom. The SMILES string of the molecule is CC(C)(C)OC(=O)C[C@H]1COc2ccccc2C1=O. The molecule has 1 aliphatic rings. The monoisotopic (exact) mass is 262 g/mol. The van der Waals surface area contributed by atoms with Gasteiger partial charge in [0.05, 0.1) is 24.5 Å². The topological polar surface area (TPSA) is 52.6 Å². The van der Waals surface area contributed by atoms with Crippen molar-refractivity contribution in [1.82, 2.24) is 0 Å². The molecule has 102 valence electrons. The minimum atomic E-state index is -0.534. The van der Waals surface area contributed by atoms with E-state index in [-0.39, 0.29) is 24.8 Å². The zero-order valence-electron chi connectivity index (χ0n) is 11.4. The lowest BCUT2D eigenvalue weighted by Gasteiger charge is -2.25. The van der Waals surface area contributed by atoms with E-state index in [1.807, 2.05) is 6.07 Å². The van der Waals surface area contributed by atoms with Crippen LogP contribution in [0.15, 0.2) is 24.3 Å². The highest BCUT2D eigenvalue weighted by molar-refractivity contribution is 6.02. The minimum Gasteiger partial charge on any atom is -0.492 e. The first-order chi connectivity index (χ1) is 8.87. The lowest BCUT2D eigenvalue weighted by Crippen LogP contribution is -2.32. The zero-order valence-corrected chi connectivity index (χ0v) is 11.4. The number of hydrogen-bond donors (Lipinski definition) is 0. The molecule has 1 aromatic rings. The van der Waals surface area contributed by atoms with Crippen molar-refractivity contribution < 1.29 is 19.1 Å². The second-order valence-corrected chi connectivity index (χ2v) is 5.66. The highest BCUT2D eigenvalue weighted by atomic mass is 16.6. The predicted molar refractivity (Wildman–Crippen MR) is 70.2 cm³/mol. The van der Waals surface area contributed by atoms with Gasteiger partial charge in [-0.2, -0.15) is 0 Å². The number of Topliss-reactive ketones (excluding diaryl/α,β-unsaturated/α-hetero) is 1. The van der Waals surface area contributed by atoms with Crippen LogP contribution in [0, 0.1) is 5.92 Å². The first kappa shape index (κ1) is 13.6. The van der Waals surface area contributed by atoms with Gasteiger partial charge < -0.3 is 9.47 Å². The van der Waals surface area contributed by atoms with E-state index in [9.17, 15) is 9.59 Å². The molecule has 0 saturated carbocycles. The molecule has 0 amide bonds. The van der Waals surface area contributed by atoms with Gasteiger partial charge in [-0.05, 0) is 32.9 Å². The fraction of sp³-hybridized carbons (Fsp3) is 0.467. The average molecular weight is 262 g/mol. The van der Waals surface area contributed by atoms with Crippen molar-refractivity contribution in [2.75, 3.05) is 6.61 Å². The summed E-state index contributed by atoms with van der Waals surface area (Å²) in [6.45, 7) is 5.65. The van der Waals surface area contributed by atoms with Crippen LogP contribution >= 0.6 is 0 Å². The summed E-state index contributed by atoms with van der Waals surface area (Å²) in [5, 5.41) is 0. The maximum Gasteiger partial charge on any atom is 0.307 e. The Bertz CT molecular complexity index is 499. The van der Waals surface area contributed by atoms with Gasteiger partial charge in [0.1, 0.15) is 11.4 Å². The quantitative estimate of drug-likeness (QED) is 0.769. The molecular formula is C15H18O4. The summed E-state index contributed by atoms with van der Waals surface area (Å²) in [4.78, 5) is 24.0. The van der Waals surface area contributed by atoms with Crippen LogP contribution in [0.1, 0.15) is 37.6 Å². The molecule has 2 rings (SSSR count). The first-order valence-corrected chi connectivity index (χ1v) is 6.35. The fourth-order valence-corrected chi connectivity index (χ4v) is 2.02. The smallest absolute Gasteiger partial charge is 0.307 e. The van der Waals surface area contributed by atoms with Gasteiger partial charge in [0.25, 0.3) is 0 Å². The number of esters is 1. The minimum absolute atomic E-state index is 0.0484. The molecule has 0 saturated heterocycles. The van der Waals surface area contributed by atoms with E-state index in [0.717, 1.165) is 0 Å². The Balaban J connectivity index is 2.05. The number of carbonyl (C=O) groups is 2. The van der Waals surface area contributed by atoms with E-state index >= 15 is 0 Å². The van der Waals surface area contributed by atoms with Crippen molar-refractivity contribution in [1.29, 1.82) is 0 Å². The van der Waals surface area contributed by atoms with Gasteiger partial charge in [0.15, 0.2) is 5.78 Å². The van der Waals surface area contributed by atoms with Gasteiger partial charge in [-0.3, -0.25) is 9.59 Å². The van der Waals surface area contributed by atoms with E-state index < -0.39 is 11.5 Å². The Hall–Kier alpha value is -1.84. The van der Waals surface area contributed by atoms with E-state index in [1.54, 1.807) is 39.0 Å². The van der Waals surface area contributed by atoms with Crippen molar-refractivity contribution in [3.63, 3.8) is 0 Å². The van der Waals surface area contributed by atoms with Crippen LogP contribution in [0.25, 0.3) is 0 Å². The molecule has 4 heteroatoms. The summed E-state index contributed by atoms with van der Waals surface area (Å²) in [7, 11) is 0. The Kier molecular flexibility index (Phi) is 3.60. The van der Waals surface area contributed by atoms with Crippen LogP contribution < -0.4 is 4.74 Å². The molecule has 0 aromatic heterocycles. The average Bonchev–Trinajstić information content (AvgIpc) is 2.31. The van der Waals surface area contributed by atoms with Crippen LogP contribution in [-0.2, 0) is 9.53 Å². The highest BCUT2D eigenvalue weighted by Crippen LogP contribution is 2.28. The Morgan fingerprint density at radius 1 is 1.37 bits per heavy atom. The molecule has 0 aliphatic carbocycles. The number of fused-ring (bicyclic) bond motifs is 1. The third kappa shape index (κ3) is 3.34. The van der Waals surface area contributed by atoms with E-state index in [2.05, 4.69) is 0 Å². The maximum atomic E-state index is 12.2. The molecule has 4 nitrogen and oxygen atoms in total. The standard InChI is InChI=1S/C15H18O4/c1-15(2,3)19-13(16)8-10-9-18-12-7-5-4-6-11(12)14(10)17/h4-7,10H,8-9H2,1-3H3/t10-/m0/s1. The molecule has 1 aromatic carbocycles. The van der Waals surface area contributed by atoms with Crippen LogP contribution in [0.2, 0.25) is 0 Å². The van der Waals surface area contributed by atoms with Crippen molar-refractivity contribution >= 4 is 11.8 Å². The van der Waals surface area contributed by atoms with Crippen LogP contribution in [-0.4, -0.2) is 24.0 Å². The Morgan fingerprint density at radius 3 is 2.74 bits per heavy atom. The number of rotatable bonds is 2. The third-order valence-corrected chi connectivity index (χ3v) is 2.80. The number of hydrogen-bond acceptors (Lipinski definition) is 4. The summed E-state index contributed by atoms with van der Waals surface area (Å²) < 4.78 is 10.7. The van der Waals surface area contributed by atoms with Gasteiger partial charge in [-0.15, -0.1) is 0 Å². The first-order valence-electron chi connectivity index (χ1n) is 6.35. The van der Waals surface area contributed by atoms with Crippen molar-refractivity contribution in [2.45, 2.75) is 32.8 Å². The summed E-state index contributed by atoms with van der Waals surface area (Å²) >= 11 is 0. The highest BCUT2D eigenvalue weighted by Gasteiger charge is 2.31. The zero-order chi connectivity index (χ0) is 14.0. The Labute approximate surface area is 112 Å². The molecule has 0 radical (unpaired) electrons. The van der Waals surface area contributed by atoms with Gasteiger partial charge in [-0.25, -0.2) is 0 Å². The molecule has 0 spiro atoms. The van der Waals surface area contributed by atoms with Gasteiger partial charge >= 0.3 is 5.97 Å². The molecular weight excluding hydrogens is 244 g/mol. The molecule has 1 aliphatic heterocycles. The van der Waals surface area contributed by atoms with E-state index in [4.69, 9.17) is 9.47 Å². The van der Waals surface area contributed by atoms with Crippen molar-refractivity contribution in [2.24, 2.45) is 5.92 Å². The number of para-hydroxylation sites is 1. The molecule has 19 heavy (non-hydrogen) atoms. The lowest BCUT2D eigenvalue weighted by atomic mass is 9.92. The van der Waals surface area contributed by atoms with Gasteiger partial charge in [-0.1, -0.05) is 12.1 Å². The molecule has 0 N–H and O–H groups in total.